The molecule has 0 saturated carbocycles. The summed E-state index contributed by atoms with van der Waals surface area (Å²) >= 11 is 0. The van der Waals surface area contributed by atoms with Crippen molar-refractivity contribution >= 4 is 92.3 Å². The first kappa shape index (κ1) is 72.6. The largest absolute Gasteiger partial charge is 0.481 e. The second-order valence-electron chi connectivity index (χ2n) is 20.6. The highest BCUT2D eigenvalue weighted by Crippen LogP contribution is 2.28. The van der Waals surface area contributed by atoms with E-state index in [1.807, 2.05) is 0 Å². The van der Waals surface area contributed by atoms with E-state index in [0.29, 0.717) is 64.3 Å². The Bertz CT molecular complexity index is 2020. The summed E-state index contributed by atoms with van der Waals surface area (Å²) in [6, 6.07) is -6.92. The van der Waals surface area contributed by atoms with Crippen molar-refractivity contribution in [2.24, 2.45) is 63.1 Å². The maximum Gasteiger partial charge on any atom is 0.327 e. The quantitative estimate of drug-likeness (QED) is 0.0196. The molecule has 456 valence electrons. The number of aliphatic carboxylic acids is 2. The summed E-state index contributed by atoms with van der Waals surface area (Å²) in [5.41, 5.74) is 34.0. The lowest BCUT2D eigenvalue weighted by Gasteiger charge is -2.28. The number of carboxylic acid groups (broad SMARTS) is 2. The molecular weight excluding hydrogens is 1080 g/mol. The lowest BCUT2D eigenvalue weighted by atomic mass is 9.90. The summed E-state index contributed by atoms with van der Waals surface area (Å²) in [7, 11) is 2.09. The minimum atomic E-state index is -1.56. The molecule has 0 aromatic rings. The van der Waals surface area contributed by atoms with Gasteiger partial charge in [-0.2, -0.15) is 0 Å². The summed E-state index contributed by atoms with van der Waals surface area (Å²) < 4.78 is 0. The van der Waals surface area contributed by atoms with Gasteiger partial charge in [0.1, 0.15) is 30.0 Å². The van der Waals surface area contributed by atoms with Gasteiger partial charge in [-0.05, 0) is 122 Å². The molecule has 0 unspecified atom stereocenters. The fourth-order valence-corrected chi connectivity index (χ4v) is 11.1. The number of carboxylic acids is 2. The Hall–Kier alpha value is -5.42. The molecule has 0 radical (unpaired) electrons. The minimum Gasteiger partial charge on any atom is -0.481 e. The van der Waals surface area contributed by atoms with Crippen LogP contribution in [0, 0.1) is 23.7 Å². The van der Waals surface area contributed by atoms with E-state index in [1.54, 1.807) is 13.8 Å². The molecule has 1 aliphatic heterocycles. The number of Topliss-reactive ketones (excluding diaryl/α,β-unsaturated/α-hetero) is 3. The van der Waals surface area contributed by atoms with Gasteiger partial charge in [-0.25, -0.2) is 4.79 Å². The molecule has 0 aromatic heterocycles. The van der Waals surface area contributed by atoms with Crippen LogP contribution < -0.4 is 66.3 Å². The van der Waals surface area contributed by atoms with Crippen LogP contribution in [0.5, 0.6) is 0 Å². The number of unbranched alkanes of at least 4 members (excludes halogenated alkanes) is 5. The molecule has 26 nitrogen and oxygen atoms in total. The molecule has 80 heavy (non-hydrogen) atoms. The zero-order valence-corrected chi connectivity index (χ0v) is 48.4. The average molecular weight is 1170 g/mol. The van der Waals surface area contributed by atoms with E-state index in [1.165, 1.54) is 0 Å². The second-order valence-corrected chi connectivity index (χ2v) is 23.2. The summed E-state index contributed by atoms with van der Waals surface area (Å²) in [6.45, 7) is 4.34. The number of carbonyl (C=O) groups excluding carboxylic acids is 9. The van der Waals surface area contributed by atoms with E-state index in [9.17, 15) is 63.0 Å². The van der Waals surface area contributed by atoms with Crippen LogP contribution in [0.2, 0.25) is 0 Å². The zero-order chi connectivity index (χ0) is 60.0. The van der Waals surface area contributed by atoms with Crippen molar-refractivity contribution in [1.82, 2.24) is 31.9 Å². The Balaban J connectivity index is 3.99. The first-order chi connectivity index (χ1) is 38.1. The Labute approximate surface area is 478 Å². The molecule has 1 fully saturated rings. The summed E-state index contributed by atoms with van der Waals surface area (Å²) in [5, 5.41) is 35.8. The molecule has 1 saturated heterocycles. The standard InChI is InChI=1S/C52H93N13O13S2/c1-32(2)25-41-50(76)62-39(17-7-11-23-56)48(74)63-40(18-19-44(69)70)49(75)61-38(16-6-10-22-55)43(68)28-34(13-5-9-21-54)47(73)65-42(51(77)78)31-80-79-30-35(27-36(66)15-4-3-8-20-53)45(71)60-29-37(67)26-33(46(72)64-41)14-12-24-59-52(57)58/h32-35,38-42H,3-31,53-56H2,1-2H3,(H,60,71)(H,61,75)(H,62,76)(H,63,74)(H,64,72)(H,65,73)(H,69,70)(H,77,78)(H4,57,58,59)/t33-,34+,35+,38+,39+,40-,41-,42+/m0/s1. The third-order valence-corrected chi connectivity index (χ3v) is 15.7. The molecule has 20 N–H and O–H groups in total. The van der Waals surface area contributed by atoms with Crippen LogP contribution >= 0.6 is 21.6 Å². The first-order valence-electron chi connectivity index (χ1n) is 28.0. The van der Waals surface area contributed by atoms with Gasteiger partial charge in [0, 0.05) is 62.0 Å². The molecule has 1 heterocycles. The van der Waals surface area contributed by atoms with Gasteiger partial charge in [0.05, 0.1) is 18.5 Å². The van der Waals surface area contributed by atoms with Crippen molar-refractivity contribution in [3.05, 3.63) is 0 Å². The normalized spacial score (nSPS) is 23.2. The smallest absolute Gasteiger partial charge is 0.327 e. The van der Waals surface area contributed by atoms with Gasteiger partial charge < -0.3 is 76.5 Å². The third kappa shape index (κ3) is 32.1. The van der Waals surface area contributed by atoms with Crippen molar-refractivity contribution in [1.29, 1.82) is 0 Å². The van der Waals surface area contributed by atoms with E-state index in [2.05, 4.69) is 36.9 Å². The predicted octanol–water partition coefficient (Wildman–Crippen LogP) is -0.397. The SMILES string of the molecule is CC(C)C[C@@H]1NC(=O)[C@@H](CCCN=C(N)N)CC(=O)CNC(=O)[C@H](CC(=O)CCCCCN)CSSC[C@H](C(=O)O)NC(=O)[C@H](CCCCN)CC(=O)[C@@H](CCCCN)NC(=O)[C@H](CCC(=O)O)NC(=O)[C@@H](CCCCN)NC1=O. The van der Waals surface area contributed by atoms with Crippen molar-refractivity contribution in [2.75, 3.05) is 50.8 Å². The summed E-state index contributed by atoms with van der Waals surface area (Å²) in [6.07, 6.45) is 2.88. The molecule has 28 heteroatoms. The maximum absolute atomic E-state index is 14.3. The molecule has 0 aliphatic carbocycles. The van der Waals surface area contributed by atoms with Gasteiger partial charge in [0.15, 0.2) is 17.5 Å². The highest BCUT2D eigenvalue weighted by molar-refractivity contribution is 8.76. The second kappa shape index (κ2) is 42.4. The number of ketones is 3. The molecule has 1 rings (SSSR count). The number of hydrogen-bond donors (Lipinski definition) is 14. The van der Waals surface area contributed by atoms with Crippen LogP contribution in [0.1, 0.15) is 149 Å². The van der Waals surface area contributed by atoms with Crippen LogP contribution in [-0.4, -0.2) is 162 Å². The molecule has 0 aromatic carbocycles. The van der Waals surface area contributed by atoms with E-state index >= 15 is 0 Å². The number of nitrogens with one attached hydrogen (secondary N) is 6. The minimum absolute atomic E-state index is 0.00421. The van der Waals surface area contributed by atoms with Crippen LogP contribution in [0.4, 0.5) is 0 Å². The van der Waals surface area contributed by atoms with Crippen LogP contribution in [0.3, 0.4) is 0 Å². The van der Waals surface area contributed by atoms with E-state index in [4.69, 9.17) is 34.4 Å². The Kier molecular flexibility index (Phi) is 38.5. The fourth-order valence-electron chi connectivity index (χ4n) is 8.67. The lowest BCUT2D eigenvalue weighted by Crippen LogP contribution is -2.58. The number of guanidine groups is 1. The van der Waals surface area contributed by atoms with E-state index < -0.39 is 139 Å². The zero-order valence-electron chi connectivity index (χ0n) is 46.8. The number of aliphatic imine (C=N–C) groups is 1. The van der Waals surface area contributed by atoms with Crippen molar-refractivity contribution in [3.8, 4) is 0 Å². The number of nitrogens with zero attached hydrogens (tertiary/aromatic N) is 1. The van der Waals surface area contributed by atoms with Gasteiger partial charge in [0.25, 0.3) is 0 Å². The number of amides is 6. The number of nitrogens with two attached hydrogens (primary N) is 6. The van der Waals surface area contributed by atoms with Gasteiger partial charge in [0.2, 0.25) is 35.4 Å². The first-order valence-corrected chi connectivity index (χ1v) is 30.5. The van der Waals surface area contributed by atoms with Gasteiger partial charge in [-0.1, -0.05) is 48.3 Å². The highest BCUT2D eigenvalue weighted by Gasteiger charge is 2.35. The highest BCUT2D eigenvalue weighted by atomic mass is 33.1. The number of hydrogen-bond acceptors (Lipinski definition) is 18. The number of rotatable bonds is 29. The Morgan fingerprint density at radius 2 is 1.05 bits per heavy atom. The molecule has 0 bridgehead atoms. The third-order valence-electron chi connectivity index (χ3n) is 13.2. The average Bonchev–Trinajstić information content (AvgIpc) is 3.39. The molecule has 0 spiro atoms. The predicted molar refractivity (Wildman–Crippen MR) is 307 cm³/mol. The van der Waals surface area contributed by atoms with Crippen molar-refractivity contribution in [2.45, 2.75) is 179 Å². The summed E-state index contributed by atoms with van der Waals surface area (Å²) in [4.78, 5) is 155. The van der Waals surface area contributed by atoms with Crippen LogP contribution in [0.15, 0.2) is 4.99 Å². The summed E-state index contributed by atoms with van der Waals surface area (Å²) in [5.74, 6) is -12.5. The Morgan fingerprint density at radius 3 is 1.62 bits per heavy atom. The molecule has 1 aliphatic rings. The lowest BCUT2D eigenvalue weighted by molar-refractivity contribution is -0.142. The van der Waals surface area contributed by atoms with Crippen LogP contribution in [-0.2, 0) is 52.7 Å². The fraction of sp³-hybridized carbons (Fsp3) is 0.769. The Morgan fingerprint density at radius 1 is 0.550 bits per heavy atom. The molecular formula is C52H93N13O13S2. The molecule has 8 atom stereocenters. The van der Waals surface area contributed by atoms with Crippen molar-refractivity contribution < 1.29 is 63.0 Å². The van der Waals surface area contributed by atoms with Gasteiger partial charge >= 0.3 is 11.9 Å². The van der Waals surface area contributed by atoms with Crippen molar-refractivity contribution in [3.63, 3.8) is 0 Å². The maximum atomic E-state index is 14.3. The van der Waals surface area contributed by atoms with Gasteiger partial charge in [-0.15, -0.1) is 0 Å². The number of carbonyl (C=O) groups is 11. The van der Waals surface area contributed by atoms with Gasteiger partial charge in [-0.3, -0.25) is 52.9 Å². The molecule has 6 amide bonds. The van der Waals surface area contributed by atoms with E-state index in [0.717, 1.165) is 21.6 Å². The topological polar surface area (TPSA) is 469 Å². The van der Waals surface area contributed by atoms with Crippen LogP contribution in [0.25, 0.3) is 0 Å². The van der Waals surface area contributed by atoms with E-state index in [-0.39, 0.29) is 107 Å². The monoisotopic (exact) mass is 1170 g/mol.